The van der Waals surface area contributed by atoms with E-state index in [9.17, 15) is 9.59 Å². The molecule has 1 aliphatic heterocycles. The number of hydrogen-bond acceptors (Lipinski definition) is 8. The Balaban J connectivity index is 1.78. The minimum absolute atomic E-state index is 0.172. The molecule has 9 heteroatoms. The predicted molar refractivity (Wildman–Crippen MR) is 134 cm³/mol. The van der Waals surface area contributed by atoms with Crippen molar-refractivity contribution in [1.29, 1.82) is 0 Å². The van der Waals surface area contributed by atoms with Crippen LogP contribution in [0.2, 0.25) is 0 Å². The van der Waals surface area contributed by atoms with Crippen molar-refractivity contribution in [2.24, 2.45) is 0 Å². The van der Waals surface area contributed by atoms with Gasteiger partial charge in [0.2, 0.25) is 0 Å². The zero-order valence-corrected chi connectivity index (χ0v) is 20.6. The van der Waals surface area contributed by atoms with Crippen molar-refractivity contribution in [1.82, 2.24) is 0 Å². The lowest BCUT2D eigenvalue weighted by Gasteiger charge is -2.15. The topological polar surface area (TPSA) is 65.1 Å². The molecule has 6 nitrogen and oxygen atoms in total. The summed E-state index contributed by atoms with van der Waals surface area (Å²) in [4.78, 5) is 27.9. The van der Waals surface area contributed by atoms with E-state index in [2.05, 4.69) is 0 Å². The maximum atomic E-state index is 13.0. The van der Waals surface area contributed by atoms with Gasteiger partial charge >= 0.3 is 5.97 Å². The number of anilines is 1. The van der Waals surface area contributed by atoms with Gasteiger partial charge in [0.15, 0.2) is 22.4 Å². The summed E-state index contributed by atoms with van der Waals surface area (Å²) in [5, 5.41) is 0. The second-order valence-electron chi connectivity index (χ2n) is 6.96. The Bertz CT molecular complexity index is 1070. The average molecular weight is 490 g/mol. The van der Waals surface area contributed by atoms with Crippen LogP contribution in [-0.2, 0) is 14.3 Å². The van der Waals surface area contributed by atoms with E-state index in [-0.39, 0.29) is 18.6 Å². The largest absolute Gasteiger partial charge is 0.493 e. The summed E-state index contributed by atoms with van der Waals surface area (Å²) >= 11 is 8.32. The molecule has 1 aliphatic rings. The molecule has 0 radical (unpaired) electrons. The van der Waals surface area contributed by atoms with E-state index in [1.54, 1.807) is 54.8 Å². The van der Waals surface area contributed by atoms with E-state index in [0.717, 1.165) is 16.1 Å². The van der Waals surface area contributed by atoms with Crippen LogP contribution in [0.25, 0.3) is 6.08 Å². The van der Waals surface area contributed by atoms with Crippen LogP contribution in [0.15, 0.2) is 52.3 Å². The standard InChI is InChI=1S/C23H23NO5S3/c1-14(2)29-21(25)13-28-18-9-8-15(10-19(18)27-3)11-20-22(26)24(23(30)32-20)16-6-5-7-17(12-16)31-4/h5-12,14H,13H2,1-4H3/b20-11-. The Labute approximate surface area is 201 Å². The molecular weight excluding hydrogens is 466 g/mol. The van der Waals surface area contributed by atoms with Crippen molar-refractivity contribution < 1.29 is 23.8 Å². The lowest BCUT2D eigenvalue weighted by Crippen LogP contribution is -2.27. The summed E-state index contributed by atoms with van der Waals surface area (Å²) in [6.45, 7) is 3.33. The fraction of sp³-hybridized carbons (Fsp3) is 0.261. The highest BCUT2D eigenvalue weighted by Crippen LogP contribution is 2.38. The van der Waals surface area contributed by atoms with Crippen LogP contribution in [0.1, 0.15) is 19.4 Å². The molecule has 1 fully saturated rings. The molecule has 32 heavy (non-hydrogen) atoms. The number of ether oxygens (including phenoxy) is 3. The quantitative estimate of drug-likeness (QED) is 0.218. The smallest absolute Gasteiger partial charge is 0.344 e. The number of thiocarbonyl (C=S) groups is 1. The maximum Gasteiger partial charge on any atom is 0.344 e. The fourth-order valence-corrected chi connectivity index (χ4v) is 4.67. The van der Waals surface area contributed by atoms with Crippen molar-refractivity contribution in [3.63, 3.8) is 0 Å². The Morgan fingerprint density at radius 3 is 2.69 bits per heavy atom. The Morgan fingerprint density at radius 1 is 1.22 bits per heavy atom. The van der Waals surface area contributed by atoms with E-state index in [1.165, 1.54) is 18.9 Å². The second kappa shape index (κ2) is 10.9. The monoisotopic (exact) mass is 489 g/mol. The van der Waals surface area contributed by atoms with Crippen LogP contribution in [0.5, 0.6) is 11.5 Å². The number of amides is 1. The molecule has 0 bridgehead atoms. The van der Waals surface area contributed by atoms with E-state index >= 15 is 0 Å². The number of carbonyl (C=O) groups is 2. The third-order valence-corrected chi connectivity index (χ3v) is 6.33. The van der Waals surface area contributed by atoms with Crippen LogP contribution < -0.4 is 14.4 Å². The molecular formula is C23H23NO5S3. The normalized spacial score (nSPS) is 14.9. The Kier molecular flexibility index (Phi) is 8.22. The van der Waals surface area contributed by atoms with Crippen molar-refractivity contribution in [2.75, 3.05) is 24.9 Å². The van der Waals surface area contributed by atoms with Crippen LogP contribution in [0.4, 0.5) is 5.69 Å². The average Bonchev–Trinajstić information content (AvgIpc) is 3.04. The number of thioether (sulfide) groups is 2. The van der Waals surface area contributed by atoms with Crippen LogP contribution in [0, 0.1) is 0 Å². The van der Waals surface area contributed by atoms with Crippen LogP contribution >= 0.6 is 35.7 Å². The molecule has 0 N–H and O–H groups in total. The fourth-order valence-electron chi connectivity index (χ4n) is 2.92. The first kappa shape index (κ1) is 24.2. The molecule has 0 atom stereocenters. The van der Waals surface area contributed by atoms with Crippen molar-refractivity contribution in [2.45, 2.75) is 24.8 Å². The van der Waals surface area contributed by atoms with Gasteiger partial charge in [-0.05, 0) is 62.1 Å². The summed E-state index contributed by atoms with van der Waals surface area (Å²) in [5.41, 5.74) is 1.50. The summed E-state index contributed by atoms with van der Waals surface area (Å²) in [6, 6.07) is 12.9. The summed E-state index contributed by atoms with van der Waals surface area (Å²) in [6.07, 6.45) is 3.53. The number of benzene rings is 2. The maximum absolute atomic E-state index is 13.0. The number of hydrogen-bond donors (Lipinski definition) is 0. The first-order valence-electron chi connectivity index (χ1n) is 9.74. The molecule has 0 aromatic heterocycles. The molecule has 2 aromatic rings. The van der Waals surface area contributed by atoms with Gasteiger partial charge < -0.3 is 14.2 Å². The third-order valence-electron chi connectivity index (χ3n) is 4.30. The van der Waals surface area contributed by atoms with E-state index in [4.69, 9.17) is 26.4 Å². The van der Waals surface area contributed by atoms with E-state index < -0.39 is 5.97 Å². The molecule has 2 aromatic carbocycles. The molecule has 1 amide bonds. The van der Waals surface area contributed by atoms with Crippen molar-refractivity contribution >= 4 is 63.7 Å². The SMILES string of the molecule is COc1cc(/C=C2\SC(=S)N(c3cccc(SC)c3)C2=O)ccc1OCC(=O)OC(C)C. The molecule has 0 saturated carbocycles. The Morgan fingerprint density at radius 2 is 2.00 bits per heavy atom. The predicted octanol–water partition coefficient (Wildman–Crippen LogP) is 5.15. The second-order valence-corrected chi connectivity index (χ2v) is 9.51. The first-order chi connectivity index (χ1) is 15.3. The van der Waals surface area contributed by atoms with Gasteiger partial charge in [-0.2, -0.15) is 0 Å². The zero-order valence-electron chi connectivity index (χ0n) is 18.1. The van der Waals surface area contributed by atoms with Gasteiger partial charge in [-0.25, -0.2) is 4.79 Å². The number of methoxy groups -OCH3 is 1. The highest BCUT2D eigenvalue weighted by atomic mass is 32.2. The number of esters is 1. The number of nitrogens with zero attached hydrogens (tertiary/aromatic N) is 1. The lowest BCUT2D eigenvalue weighted by atomic mass is 10.2. The van der Waals surface area contributed by atoms with Gasteiger partial charge in [0.1, 0.15) is 0 Å². The van der Waals surface area contributed by atoms with Crippen molar-refractivity contribution in [3.05, 3.63) is 52.9 Å². The molecule has 1 heterocycles. The molecule has 1 saturated heterocycles. The van der Waals surface area contributed by atoms with Crippen LogP contribution in [0.3, 0.4) is 0 Å². The first-order valence-corrected chi connectivity index (χ1v) is 12.2. The van der Waals surface area contributed by atoms with E-state index in [1.807, 2.05) is 30.5 Å². The summed E-state index contributed by atoms with van der Waals surface area (Å²) in [7, 11) is 1.51. The molecule has 0 unspecified atom stereocenters. The van der Waals surface area contributed by atoms with Gasteiger partial charge in [-0.15, -0.1) is 11.8 Å². The minimum atomic E-state index is -0.458. The van der Waals surface area contributed by atoms with Gasteiger partial charge in [-0.3, -0.25) is 9.69 Å². The number of rotatable bonds is 8. The highest BCUT2D eigenvalue weighted by molar-refractivity contribution is 8.27. The van der Waals surface area contributed by atoms with Crippen LogP contribution in [-0.4, -0.2) is 42.3 Å². The molecule has 168 valence electrons. The van der Waals surface area contributed by atoms with Crippen molar-refractivity contribution in [3.8, 4) is 11.5 Å². The zero-order chi connectivity index (χ0) is 23.3. The Hall–Kier alpha value is -2.49. The van der Waals surface area contributed by atoms with Gasteiger partial charge in [0, 0.05) is 4.90 Å². The summed E-state index contributed by atoms with van der Waals surface area (Å²) < 4.78 is 16.5. The molecule has 0 spiro atoms. The lowest BCUT2D eigenvalue weighted by molar-refractivity contribution is -0.149. The minimum Gasteiger partial charge on any atom is -0.493 e. The highest BCUT2D eigenvalue weighted by Gasteiger charge is 2.33. The number of carbonyl (C=O) groups excluding carboxylic acids is 2. The van der Waals surface area contributed by atoms with Gasteiger partial charge in [-0.1, -0.05) is 36.1 Å². The van der Waals surface area contributed by atoms with Gasteiger partial charge in [0.05, 0.1) is 23.8 Å². The van der Waals surface area contributed by atoms with E-state index in [0.29, 0.717) is 20.7 Å². The third kappa shape index (κ3) is 5.85. The van der Waals surface area contributed by atoms with Gasteiger partial charge in [0.25, 0.3) is 5.91 Å². The summed E-state index contributed by atoms with van der Waals surface area (Å²) in [5.74, 6) is 0.223. The molecule has 3 rings (SSSR count). The molecule has 0 aliphatic carbocycles.